The summed E-state index contributed by atoms with van der Waals surface area (Å²) in [5, 5.41) is 7.42. The monoisotopic (exact) mass is 288 g/mol. The molecule has 1 atom stereocenters. The van der Waals surface area contributed by atoms with Crippen molar-refractivity contribution in [3.8, 4) is 0 Å². The van der Waals surface area contributed by atoms with E-state index in [0.29, 0.717) is 5.76 Å². The van der Waals surface area contributed by atoms with Crippen LogP contribution in [0.5, 0.6) is 0 Å². The van der Waals surface area contributed by atoms with Crippen LogP contribution < -0.4 is 10.2 Å². The van der Waals surface area contributed by atoms with Gasteiger partial charge in [-0.15, -0.1) is 0 Å². The Balaban J connectivity index is 1.58. The molecule has 6 heteroatoms. The van der Waals surface area contributed by atoms with Crippen LogP contribution in [0.25, 0.3) is 0 Å². The molecule has 0 spiro atoms. The smallest absolute Gasteiger partial charge is 0.287 e. The lowest BCUT2D eigenvalue weighted by Crippen LogP contribution is -2.37. The van der Waals surface area contributed by atoms with E-state index in [9.17, 15) is 4.79 Å². The summed E-state index contributed by atoms with van der Waals surface area (Å²) in [6, 6.07) is 5.71. The fourth-order valence-electron chi connectivity index (χ4n) is 2.60. The van der Waals surface area contributed by atoms with Gasteiger partial charge in [0.2, 0.25) is 0 Å². The number of aromatic nitrogens is 2. The standard InChI is InChI=1S/C15H20N4O2/c1-3-12-4-5-13(21-12)15(20)16-11-6-9-19(10-11)14-7-8-18(2)17-14/h4-5,7-8,11H,3,6,9-10H2,1-2H3,(H,16,20)/t11-/m0/s1. The number of rotatable bonds is 4. The van der Waals surface area contributed by atoms with Crippen molar-refractivity contribution in [1.82, 2.24) is 15.1 Å². The van der Waals surface area contributed by atoms with Crippen LogP contribution in [0.2, 0.25) is 0 Å². The summed E-state index contributed by atoms with van der Waals surface area (Å²) >= 11 is 0. The quantitative estimate of drug-likeness (QED) is 0.928. The third-order valence-electron chi connectivity index (χ3n) is 3.78. The number of hydrogen-bond donors (Lipinski definition) is 1. The molecule has 1 aliphatic heterocycles. The molecule has 1 aliphatic rings. The highest BCUT2D eigenvalue weighted by molar-refractivity contribution is 5.91. The second kappa shape index (κ2) is 5.63. The molecule has 0 radical (unpaired) electrons. The molecule has 1 saturated heterocycles. The zero-order valence-electron chi connectivity index (χ0n) is 12.4. The minimum atomic E-state index is -0.137. The summed E-state index contributed by atoms with van der Waals surface area (Å²) in [6.07, 6.45) is 3.64. The molecule has 0 aliphatic carbocycles. The number of carbonyl (C=O) groups excluding carboxylic acids is 1. The van der Waals surface area contributed by atoms with Gasteiger partial charge >= 0.3 is 0 Å². The summed E-state index contributed by atoms with van der Waals surface area (Å²) < 4.78 is 7.27. The first kappa shape index (κ1) is 13.7. The van der Waals surface area contributed by atoms with Crippen molar-refractivity contribution in [2.75, 3.05) is 18.0 Å². The molecule has 3 heterocycles. The number of anilines is 1. The number of amides is 1. The van der Waals surface area contributed by atoms with Crippen LogP contribution in [0.3, 0.4) is 0 Å². The van der Waals surface area contributed by atoms with E-state index >= 15 is 0 Å². The highest BCUT2D eigenvalue weighted by Crippen LogP contribution is 2.18. The van der Waals surface area contributed by atoms with Crippen molar-refractivity contribution in [2.45, 2.75) is 25.8 Å². The van der Waals surface area contributed by atoms with Crippen LogP contribution >= 0.6 is 0 Å². The number of furan rings is 1. The Hall–Kier alpha value is -2.24. The van der Waals surface area contributed by atoms with Gasteiger partial charge < -0.3 is 14.6 Å². The van der Waals surface area contributed by atoms with Gasteiger partial charge in [-0.2, -0.15) is 5.10 Å². The average molecular weight is 288 g/mol. The van der Waals surface area contributed by atoms with Crippen molar-refractivity contribution in [3.05, 3.63) is 35.9 Å². The van der Waals surface area contributed by atoms with Crippen LogP contribution in [0.4, 0.5) is 5.82 Å². The SMILES string of the molecule is CCc1ccc(C(=O)N[C@H]2CCN(c3ccn(C)n3)C2)o1. The second-order valence-electron chi connectivity index (χ2n) is 5.37. The summed E-state index contributed by atoms with van der Waals surface area (Å²) in [7, 11) is 1.90. The van der Waals surface area contributed by atoms with Crippen molar-refractivity contribution >= 4 is 11.7 Å². The predicted octanol–water partition coefficient (Wildman–Crippen LogP) is 1.58. The van der Waals surface area contributed by atoms with Gasteiger partial charge in [0, 0.05) is 44.9 Å². The molecule has 0 aromatic carbocycles. The van der Waals surface area contributed by atoms with E-state index in [1.54, 1.807) is 10.7 Å². The highest BCUT2D eigenvalue weighted by Gasteiger charge is 2.26. The maximum atomic E-state index is 12.1. The topological polar surface area (TPSA) is 63.3 Å². The van der Waals surface area contributed by atoms with Crippen LogP contribution in [0, 0.1) is 0 Å². The van der Waals surface area contributed by atoms with Gasteiger partial charge in [-0.1, -0.05) is 6.92 Å². The lowest BCUT2D eigenvalue weighted by molar-refractivity contribution is 0.0910. The molecular formula is C15H20N4O2. The number of nitrogens with one attached hydrogen (secondary N) is 1. The fourth-order valence-corrected chi connectivity index (χ4v) is 2.60. The molecule has 2 aromatic rings. The first-order chi connectivity index (χ1) is 10.2. The Kier molecular flexibility index (Phi) is 3.68. The molecule has 3 rings (SSSR count). The molecule has 0 saturated carbocycles. The van der Waals surface area contributed by atoms with Gasteiger partial charge in [0.15, 0.2) is 11.6 Å². The van der Waals surface area contributed by atoms with Crippen LogP contribution in [0.15, 0.2) is 28.8 Å². The molecule has 112 valence electrons. The largest absolute Gasteiger partial charge is 0.456 e. The molecule has 1 fully saturated rings. The van der Waals surface area contributed by atoms with E-state index in [-0.39, 0.29) is 11.9 Å². The Morgan fingerprint density at radius 1 is 1.48 bits per heavy atom. The van der Waals surface area contributed by atoms with E-state index < -0.39 is 0 Å². The lowest BCUT2D eigenvalue weighted by Gasteiger charge is -2.15. The third kappa shape index (κ3) is 2.94. The summed E-state index contributed by atoms with van der Waals surface area (Å²) in [5.74, 6) is 2.05. The van der Waals surface area contributed by atoms with Gasteiger partial charge in [0.1, 0.15) is 5.76 Å². The molecule has 1 amide bonds. The molecule has 0 bridgehead atoms. The molecule has 0 unspecified atom stereocenters. The van der Waals surface area contributed by atoms with Crippen molar-refractivity contribution in [1.29, 1.82) is 0 Å². The van der Waals surface area contributed by atoms with Crippen molar-refractivity contribution in [3.63, 3.8) is 0 Å². The zero-order chi connectivity index (χ0) is 14.8. The predicted molar refractivity (Wildman–Crippen MR) is 79.4 cm³/mol. The Labute approximate surface area is 123 Å². The molecule has 2 aromatic heterocycles. The third-order valence-corrected chi connectivity index (χ3v) is 3.78. The number of carbonyl (C=O) groups is 1. The van der Waals surface area contributed by atoms with Gasteiger partial charge in [-0.3, -0.25) is 9.48 Å². The highest BCUT2D eigenvalue weighted by atomic mass is 16.3. The van der Waals surface area contributed by atoms with Crippen LogP contribution in [-0.4, -0.2) is 34.8 Å². The first-order valence-electron chi connectivity index (χ1n) is 7.30. The van der Waals surface area contributed by atoms with E-state index in [2.05, 4.69) is 15.3 Å². The summed E-state index contributed by atoms with van der Waals surface area (Å²) in [5.41, 5.74) is 0. The zero-order valence-corrected chi connectivity index (χ0v) is 12.4. The normalized spacial score (nSPS) is 18.2. The van der Waals surface area contributed by atoms with E-state index in [1.807, 2.05) is 32.3 Å². The van der Waals surface area contributed by atoms with E-state index in [0.717, 1.165) is 37.5 Å². The molecule has 6 nitrogen and oxygen atoms in total. The molecule has 21 heavy (non-hydrogen) atoms. The molecular weight excluding hydrogens is 268 g/mol. The number of aryl methyl sites for hydroxylation is 2. The minimum Gasteiger partial charge on any atom is -0.456 e. The van der Waals surface area contributed by atoms with E-state index in [4.69, 9.17) is 4.42 Å². The average Bonchev–Trinajstić information content (AvgIpc) is 3.17. The van der Waals surface area contributed by atoms with Crippen LogP contribution in [0.1, 0.15) is 29.7 Å². The first-order valence-corrected chi connectivity index (χ1v) is 7.30. The maximum Gasteiger partial charge on any atom is 0.287 e. The van der Waals surface area contributed by atoms with Crippen molar-refractivity contribution in [2.24, 2.45) is 7.05 Å². The van der Waals surface area contributed by atoms with Gasteiger partial charge in [0.05, 0.1) is 0 Å². The van der Waals surface area contributed by atoms with Crippen LogP contribution in [-0.2, 0) is 13.5 Å². The summed E-state index contributed by atoms with van der Waals surface area (Å²) in [6.45, 7) is 3.69. The second-order valence-corrected chi connectivity index (χ2v) is 5.37. The summed E-state index contributed by atoms with van der Waals surface area (Å²) in [4.78, 5) is 14.3. The maximum absolute atomic E-state index is 12.1. The fraction of sp³-hybridized carbons (Fsp3) is 0.467. The number of nitrogens with zero attached hydrogens (tertiary/aromatic N) is 3. The van der Waals surface area contributed by atoms with Gasteiger partial charge in [-0.05, 0) is 18.6 Å². The van der Waals surface area contributed by atoms with Crippen molar-refractivity contribution < 1.29 is 9.21 Å². The van der Waals surface area contributed by atoms with Gasteiger partial charge in [-0.25, -0.2) is 0 Å². The lowest BCUT2D eigenvalue weighted by atomic mass is 10.2. The number of hydrogen-bond acceptors (Lipinski definition) is 4. The Morgan fingerprint density at radius 3 is 3.00 bits per heavy atom. The molecule has 1 N–H and O–H groups in total. The minimum absolute atomic E-state index is 0.134. The van der Waals surface area contributed by atoms with E-state index in [1.165, 1.54) is 0 Å². The Morgan fingerprint density at radius 2 is 2.33 bits per heavy atom. The van der Waals surface area contributed by atoms with Gasteiger partial charge in [0.25, 0.3) is 5.91 Å². The Bertz CT molecular complexity index is 631.